The van der Waals surface area contributed by atoms with Gasteiger partial charge in [0.25, 0.3) is 0 Å². The lowest BCUT2D eigenvalue weighted by Gasteiger charge is -2.12. The molecule has 6 heteroatoms. The maximum Gasteiger partial charge on any atom is 0.174 e. The average molecular weight is 279 g/mol. The molecule has 0 radical (unpaired) electrons. The fraction of sp³-hybridized carbons (Fsp3) is 0.231. The Bertz CT molecular complexity index is 593. The van der Waals surface area contributed by atoms with Gasteiger partial charge in [0, 0.05) is 11.8 Å². The summed E-state index contributed by atoms with van der Waals surface area (Å²) < 4.78 is 5.28. The van der Waals surface area contributed by atoms with Crippen LogP contribution in [0.2, 0.25) is 0 Å². The number of aromatic nitrogens is 2. The van der Waals surface area contributed by atoms with Gasteiger partial charge in [0.1, 0.15) is 5.75 Å². The van der Waals surface area contributed by atoms with E-state index < -0.39 is 0 Å². The van der Waals surface area contributed by atoms with E-state index in [2.05, 4.69) is 20.7 Å². The number of nitrogens with one attached hydrogen (secondary N) is 2. The molecule has 100 valence electrons. The van der Waals surface area contributed by atoms with Gasteiger partial charge in [-0.05, 0) is 31.5 Å². The number of benzene rings is 1. The summed E-state index contributed by atoms with van der Waals surface area (Å²) in [5.41, 5.74) is 6.57. The number of anilines is 1. The number of hydrogen-bond donors (Lipinski definition) is 2. The summed E-state index contributed by atoms with van der Waals surface area (Å²) in [6.07, 6.45) is 1.62. The number of aromatic amines is 1. The van der Waals surface area contributed by atoms with Crippen LogP contribution in [0.5, 0.6) is 5.75 Å². The summed E-state index contributed by atoms with van der Waals surface area (Å²) in [6.45, 7) is 3.96. The van der Waals surface area contributed by atoms with Crippen molar-refractivity contribution >= 4 is 22.5 Å². The van der Waals surface area contributed by atoms with Crippen LogP contribution in [0, 0.1) is 13.8 Å². The lowest BCUT2D eigenvalue weighted by Crippen LogP contribution is -2.01. The third-order valence-corrected chi connectivity index (χ3v) is 3.12. The molecule has 0 amide bonds. The molecule has 0 fully saturated rings. The minimum atomic E-state index is 0.319. The monoisotopic (exact) mass is 278 g/mol. The molecule has 0 aliphatic carbocycles. The quantitative estimate of drug-likeness (QED) is 0.667. The highest BCUT2D eigenvalue weighted by Gasteiger charge is 2.08. The van der Waals surface area contributed by atoms with Gasteiger partial charge < -0.3 is 4.74 Å². The Morgan fingerprint density at radius 2 is 2.16 bits per heavy atom. The smallest absolute Gasteiger partial charge is 0.174 e. The lowest BCUT2D eigenvalue weighted by atomic mass is 10.1. The molecule has 2 aromatic rings. The lowest BCUT2D eigenvalue weighted by molar-refractivity contribution is 0.412. The minimum absolute atomic E-state index is 0.319. The number of hydrogen-bond acceptors (Lipinski definition) is 4. The van der Waals surface area contributed by atoms with Crippen LogP contribution in [0.3, 0.4) is 0 Å². The zero-order valence-corrected chi connectivity index (χ0v) is 11.7. The van der Waals surface area contributed by atoms with E-state index in [-0.39, 0.29) is 0 Å². The molecule has 0 saturated heterocycles. The zero-order valence-electron chi connectivity index (χ0n) is 11.0. The molecule has 19 heavy (non-hydrogen) atoms. The van der Waals surface area contributed by atoms with Crippen molar-refractivity contribution in [1.29, 1.82) is 0 Å². The van der Waals surface area contributed by atoms with E-state index in [0.29, 0.717) is 10.9 Å². The van der Waals surface area contributed by atoms with E-state index in [1.807, 2.05) is 26.0 Å². The molecule has 2 N–H and O–H groups in total. The van der Waals surface area contributed by atoms with Gasteiger partial charge in [0.05, 0.1) is 18.5 Å². The first kappa shape index (κ1) is 13.4. The fourth-order valence-corrected chi connectivity index (χ4v) is 1.90. The van der Waals surface area contributed by atoms with Crippen molar-refractivity contribution in [3.05, 3.63) is 41.2 Å². The molecule has 1 heterocycles. The Kier molecular flexibility index (Phi) is 4.06. The highest BCUT2D eigenvalue weighted by Crippen LogP contribution is 2.28. The standard InChI is InChI=1S/C13H15ClN4O/c1-8-4-5-11(19-3)9(2)12(8)17-18-13(14)10-6-7-15-16-10/h4-7,17H,1-3H3,(H,15,16)/b18-13-. The second kappa shape index (κ2) is 5.75. The third kappa shape index (κ3) is 2.88. The number of H-pyrrole nitrogens is 1. The van der Waals surface area contributed by atoms with Crippen LogP contribution in [0.4, 0.5) is 5.69 Å². The van der Waals surface area contributed by atoms with Crippen LogP contribution in [0.1, 0.15) is 16.8 Å². The maximum atomic E-state index is 6.06. The largest absolute Gasteiger partial charge is 0.496 e. The Morgan fingerprint density at radius 3 is 2.79 bits per heavy atom. The first-order chi connectivity index (χ1) is 9.13. The molecule has 5 nitrogen and oxygen atoms in total. The van der Waals surface area contributed by atoms with E-state index in [1.165, 1.54) is 0 Å². The summed E-state index contributed by atoms with van der Waals surface area (Å²) in [7, 11) is 1.64. The topological polar surface area (TPSA) is 62.3 Å². The normalized spacial score (nSPS) is 11.5. The van der Waals surface area contributed by atoms with E-state index in [9.17, 15) is 0 Å². The second-order valence-electron chi connectivity index (χ2n) is 4.07. The first-order valence-electron chi connectivity index (χ1n) is 5.76. The highest BCUT2D eigenvalue weighted by molar-refractivity contribution is 6.69. The van der Waals surface area contributed by atoms with Crippen LogP contribution in [0.25, 0.3) is 0 Å². The number of rotatable bonds is 4. The van der Waals surface area contributed by atoms with Crippen molar-refractivity contribution in [2.24, 2.45) is 5.10 Å². The van der Waals surface area contributed by atoms with Crippen LogP contribution in [-0.4, -0.2) is 22.5 Å². The van der Waals surface area contributed by atoms with Crippen molar-refractivity contribution in [3.63, 3.8) is 0 Å². The van der Waals surface area contributed by atoms with E-state index in [0.717, 1.165) is 22.6 Å². The van der Waals surface area contributed by atoms with Crippen molar-refractivity contribution < 1.29 is 4.74 Å². The van der Waals surface area contributed by atoms with Crippen LogP contribution < -0.4 is 10.2 Å². The molecule has 0 atom stereocenters. The number of halogens is 1. The van der Waals surface area contributed by atoms with Crippen molar-refractivity contribution in [2.75, 3.05) is 12.5 Å². The van der Waals surface area contributed by atoms with Crippen LogP contribution >= 0.6 is 11.6 Å². The third-order valence-electron chi connectivity index (χ3n) is 2.83. The number of nitrogens with zero attached hydrogens (tertiary/aromatic N) is 2. The van der Waals surface area contributed by atoms with Crippen LogP contribution in [-0.2, 0) is 0 Å². The highest BCUT2D eigenvalue weighted by atomic mass is 35.5. The first-order valence-corrected chi connectivity index (χ1v) is 6.14. The summed E-state index contributed by atoms with van der Waals surface area (Å²) in [5.74, 6) is 0.806. The van der Waals surface area contributed by atoms with E-state index >= 15 is 0 Å². The summed E-state index contributed by atoms with van der Waals surface area (Å²) >= 11 is 6.06. The molecule has 0 bridgehead atoms. The van der Waals surface area contributed by atoms with Gasteiger partial charge >= 0.3 is 0 Å². The number of hydrazone groups is 1. The number of aryl methyl sites for hydroxylation is 1. The van der Waals surface area contributed by atoms with E-state index in [4.69, 9.17) is 16.3 Å². The Morgan fingerprint density at radius 1 is 1.37 bits per heavy atom. The number of methoxy groups -OCH3 is 1. The minimum Gasteiger partial charge on any atom is -0.496 e. The second-order valence-corrected chi connectivity index (χ2v) is 4.43. The molecule has 0 aliphatic heterocycles. The van der Waals surface area contributed by atoms with Crippen molar-refractivity contribution in [1.82, 2.24) is 10.2 Å². The maximum absolute atomic E-state index is 6.06. The van der Waals surface area contributed by atoms with Crippen molar-refractivity contribution in [2.45, 2.75) is 13.8 Å². The van der Waals surface area contributed by atoms with Gasteiger partial charge in [-0.15, -0.1) is 0 Å². The van der Waals surface area contributed by atoms with Gasteiger partial charge in [0.2, 0.25) is 0 Å². The van der Waals surface area contributed by atoms with Gasteiger partial charge in [0.15, 0.2) is 5.17 Å². The zero-order chi connectivity index (χ0) is 13.8. The predicted molar refractivity (Wildman–Crippen MR) is 77.1 cm³/mol. The SMILES string of the molecule is COc1ccc(C)c(N/N=C(\Cl)c2ccn[nH]2)c1C. The fourth-order valence-electron chi connectivity index (χ4n) is 1.76. The molecule has 0 unspecified atom stereocenters. The van der Waals surface area contributed by atoms with Gasteiger partial charge in [-0.3, -0.25) is 10.5 Å². The van der Waals surface area contributed by atoms with Crippen LogP contribution in [0.15, 0.2) is 29.5 Å². The van der Waals surface area contributed by atoms with Gasteiger partial charge in [-0.25, -0.2) is 0 Å². The molecule has 0 saturated carbocycles. The Hall–Kier alpha value is -2.01. The van der Waals surface area contributed by atoms with E-state index in [1.54, 1.807) is 19.4 Å². The molecule has 0 spiro atoms. The average Bonchev–Trinajstić information content (AvgIpc) is 2.92. The Balaban J connectivity index is 2.27. The molecule has 1 aromatic carbocycles. The summed E-state index contributed by atoms with van der Waals surface area (Å²) in [4.78, 5) is 0. The predicted octanol–water partition coefficient (Wildman–Crippen LogP) is 3.05. The summed E-state index contributed by atoms with van der Waals surface area (Å²) in [6, 6.07) is 5.64. The number of ether oxygens (including phenoxy) is 1. The molecular weight excluding hydrogens is 264 g/mol. The van der Waals surface area contributed by atoms with Crippen molar-refractivity contribution in [3.8, 4) is 5.75 Å². The van der Waals surface area contributed by atoms with Gasteiger partial charge in [-0.1, -0.05) is 17.7 Å². The molecule has 1 aromatic heterocycles. The molecule has 2 rings (SSSR count). The summed E-state index contributed by atoms with van der Waals surface area (Å²) in [5, 5.41) is 11.0. The molecular formula is C13H15ClN4O. The van der Waals surface area contributed by atoms with Gasteiger partial charge in [-0.2, -0.15) is 10.2 Å². The molecule has 0 aliphatic rings. The Labute approximate surface area is 116 Å².